The van der Waals surface area contributed by atoms with E-state index in [0.29, 0.717) is 13.2 Å². The fourth-order valence-electron chi connectivity index (χ4n) is 3.35. The third-order valence-corrected chi connectivity index (χ3v) is 4.53. The van der Waals surface area contributed by atoms with Gasteiger partial charge in [0.05, 0.1) is 29.8 Å². The molecule has 3 rings (SSSR count). The Labute approximate surface area is 137 Å². The van der Waals surface area contributed by atoms with Crippen molar-refractivity contribution in [3.8, 4) is 0 Å². The Balaban J connectivity index is 1.79. The molecule has 2 aromatic rings. The Kier molecular flexibility index (Phi) is 5.30. The Morgan fingerprint density at radius 3 is 2.87 bits per heavy atom. The van der Waals surface area contributed by atoms with Crippen LogP contribution in [0.1, 0.15) is 32.5 Å². The number of imidazole rings is 1. The molecule has 0 unspecified atom stereocenters. The summed E-state index contributed by atoms with van der Waals surface area (Å²) < 4.78 is 7.95. The molecule has 5 heteroatoms. The van der Waals surface area contributed by atoms with Crippen molar-refractivity contribution in [2.75, 3.05) is 19.7 Å². The fourth-order valence-corrected chi connectivity index (χ4v) is 3.35. The molecule has 1 aromatic heterocycles. The van der Waals surface area contributed by atoms with Crippen LogP contribution < -0.4 is 0 Å². The van der Waals surface area contributed by atoms with Crippen LogP contribution in [0.5, 0.6) is 0 Å². The molecule has 1 fully saturated rings. The highest BCUT2D eigenvalue weighted by atomic mass is 16.5. The normalized spacial score (nSPS) is 22.2. The van der Waals surface area contributed by atoms with Gasteiger partial charge in [-0.3, -0.25) is 4.90 Å². The second-order valence-corrected chi connectivity index (χ2v) is 6.28. The summed E-state index contributed by atoms with van der Waals surface area (Å²) in [6.07, 6.45) is 1.84. The molecule has 0 amide bonds. The topological polar surface area (TPSA) is 50.5 Å². The van der Waals surface area contributed by atoms with Crippen LogP contribution in [0.4, 0.5) is 0 Å². The zero-order chi connectivity index (χ0) is 16.2. The van der Waals surface area contributed by atoms with Crippen molar-refractivity contribution in [3.05, 3.63) is 30.1 Å². The van der Waals surface area contributed by atoms with Crippen molar-refractivity contribution in [2.45, 2.75) is 52.0 Å². The number of rotatable bonds is 7. The van der Waals surface area contributed by atoms with Crippen LogP contribution >= 0.6 is 0 Å². The fraction of sp³-hybridized carbons (Fsp3) is 0.611. The lowest BCUT2D eigenvalue weighted by Crippen LogP contribution is -2.26. The second kappa shape index (κ2) is 7.43. The summed E-state index contributed by atoms with van der Waals surface area (Å²) in [5.74, 6) is 1.09. The first kappa shape index (κ1) is 16.4. The molecule has 1 aromatic carbocycles. The molecule has 2 heterocycles. The largest absolute Gasteiger partial charge is 0.389 e. The maximum Gasteiger partial charge on any atom is 0.124 e. The van der Waals surface area contributed by atoms with Gasteiger partial charge in [-0.15, -0.1) is 0 Å². The lowest BCUT2D eigenvalue weighted by molar-refractivity contribution is -0.00246. The van der Waals surface area contributed by atoms with Crippen LogP contribution in [0.25, 0.3) is 11.0 Å². The number of unbranched alkanes of at least 4 members (excludes halogenated alkanes) is 1. The van der Waals surface area contributed by atoms with E-state index in [4.69, 9.17) is 9.72 Å². The molecular weight excluding hydrogens is 290 g/mol. The molecular formula is C18H27N3O2. The lowest BCUT2D eigenvalue weighted by Gasteiger charge is -2.16. The van der Waals surface area contributed by atoms with E-state index >= 15 is 0 Å². The SMILES string of the molecule is CCCCn1c(CN2C[C@H](OCC)[C@@H](O)C2)nc2ccccc21. The third kappa shape index (κ3) is 3.57. The Hall–Kier alpha value is -1.43. The number of fused-ring (bicyclic) bond motifs is 1. The molecule has 0 saturated carbocycles. The predicted octanol–water partition coefficient (Wildman–Crippen LogP) is 2.42. The number of hydrogen-bond acceptors (Lipinski definition) is 4. The number of nitrogens with zero attached hydrogens (tertiary/aromatic N) is 3. The minimum Gasteiger partial charge on any atom is -0.389 e. The van der Waals surface area contributed by atoms with Gasteiger partial charge in [-0.2, -0.15) is 0 Å². The Morgan fingerprint density at radius 2 is 2.09 bits per heavy atom. The number of β-amino-alcohol motifs (C(OH)–C–C–N with tert-alkyl or cyclic N) is 1. The molecule has 0 aliphatic carbocycles. The van der Waals surface area contributed by atoms with Crippen LogP contribution in [-0.2, 0) is 17.8 Å². The number of para-hydroxylation sites is 2. The number of benzene rings is 1. The summed E-state index contributed by atoms with van der Waals surface area (Å²) in [4.78, 5) is 7.07. The van der Waals surface area contributed by atoms with Gasteiger partial charge in [0, 0.05) is 26.2 Å². The minimum absolute atomic E-state index is 0.0755. The third-order valence-electron chi connectivity index (χ3n) is 4.53. The number of ether oxygens (including phenoxy) is 1. The zero-order valence-corrected chi connectivity index (χ0v) is 14.1. The zero-order valence-electron chi connectivity index (χ0n) is 14.1. The second-order valence-electron chi connectivity index (χ2n) is 6.28. The van der Waals surface area contributed by atoms with Crippen LogP contribution in [0, 0.1) is 0 Å². The Bertz CT molecular complexity index is 640. The minimum atomic E-state index is -0.400. The maximum atomic E-state index is 10.1. The quantitative estimate of drug-likeness (QED) is 0.852. The summed E-state index contributed by atoms with van der Waals surface area (Å²) in [6, 6.07) is 8.32. The number of aliphatic hydroxyl groups is 1. The molecule has 5 nitrogen and oxygen atoms in total. The highest BCUT2D eigenvalue weighted by molar-refractivity contribution is 5.75. The molecule has 126 valence electrons. The van der Waals surface area contributed by atoms with E-state index in [1.54, 1.807) is 0 Å². The maximum absolute atomic E-state index is 10.1. The van der Waals surface area contributed by atoms with E-state index in [0.717, 1.165) is 37.4 Å². The average Bonchev–Trinajstić information content (AvgIpc) is 3.06. The van der Waals surface area contributed by atoms with Crippen molar-refractivity contribution in [3.63, 3.8) is 0 Å². The van der Waals surface area contributed by atoms with Crippen molar-refractivity contribution >= 4 is 11.0 Å². The van der Waals surface area contributed by atoms with Crippen molar-refractivity contribution in [1.29, 1.82) is 0 Å². The number of aryl methyl sites for hydroxylation is 1. The number of aromatic nitrogens is 2. The highest BCUT2D eigenvalue weighted by Crippen LogP contribution is 2.21. The van der Waals surface area contributed by atoms with Crippen molar-refractivity contribution in [1.82, 2.24) is 14.5 Å². The summed E-state index contributed by atoms with van der Waals surface area (Å²) in [7, 11) is 0. The molecule has 1 saturated heterocycles. The molecule has 1 aliphatic heterocycles. The molecule has 0 spiro atoms. The van der Waals surface area contributed by atoms with Crippen molar-refractivity contribution < 1.29 is 9.84 Å². The summed E-state index contributed by atoms with van der Waals surface area (Å²) >= 11 is 0. The van der Waals surface area contributed by atoms with Gasteiger partial charge in [-0.1, -0.05) is 25.5 Å². The average molecular weight is 317 g/mol. The van der Waals surface area contributed by atoms with Crippen LogP contribution in [0.15, 0.2) is 24.3 Å². The van der Waals surface area contributed by atoms with Gasteiger partial charge in [0.2, 0.25) is 0 Å². The lowest BCUT2D eigenvalue weighted by atomic mass is 10.3. The van der Waals surface area contributed by atoms with Gasteiger partial charge in [0.15, 0.2) is 0 Å². The first-order valence-corrected chi connectivity index (χ1v) is 8.69. The monoisotopic (exact) mass is 317 g/mol. The standard InChI is InChI=1S/C18H27N3O2/c1-3-5-10-21-15-9-7-6-8-14(15)19-18(21)13-20-11-16(22)17(12-20)23-4-2/h6-9,16-17,22H,3-5,10-13H2,1-2H3/t16-,17-/m0/s1. The number of hydrogen-bond donors (Lipinski definition) is 1. The van der Waals surface area contributed by atoms with Gasteiger partial charge in [0.25, 0.3) is 0 Å². The van der Waals surface area contributed by atoms with E-state index in [1.165, 1.54) is 11.9 Å². The summed E-state index contributed by atoms with van der Waals surface area (Å²) in [5, 5.41) is 10.1. The van der Waals surface area contributed by atoms with Gasteiger partial charge in [0.1, 0.15) is 5.82 Å². The predicted molar refractivity (Wildman–Crippen MR) is 91.3 cm³/mol. The first-order chi connectivity index (χ1) is 11.2. The number of likely N-dealkylation sites (tertiary alicyclic amines) is 1. The van der Waals surface area contributed by atoms with Gasteiger partial charge in [-0.05, 0) is 25.5 Å². The van der Waals surface area contributed by atoms with Crippen molar-refractivity contribution in [2.24, 2.45) is 0 Å². The Morgan fingerprint density at radius 1 is 1.26 bits per heavy atom. The highest BCUT2D eigenvalue weighted by Gasteiger charge is 2.32. The molecule has 23 heavy (non-hydrogen) atoms. The van der Waals surface area contributed by atoms with E-state index in [9.17, 15) is 5.11 Å². The van der Waals surface area contributed by atoms with Crippen LogP contribution in [0.2, 0.25) is 0 Å². The van der Waals surface area contributed by atoms with E-state index < -0.39 is 6.10 Å². The van der Waals surface area contributed by atoms with Crippen LogP contribution in [-0.4, -0.2) is 51.5 Å². The van der Waals surface area contributed by atoms with Gasteiger partial charge < -0.3 is 14.4 Å². The first-order valence-electron chi connectivity index (χ1n) is 8.69. The number of aliphatic hydroxyl groups excluding tert-OH is 1. The van der Waals surface area contributed by atoms with Gasteiger partial charge >= 0.3 is 0 Å². The van der Waals surface area contributed by atoms with E-state index in [-0.39, 0.29) is 6.10 Å². The van der Waals surface area contributed by atoms with Gasteiger partial charge in [-0.25, -0.2) is 4.98 Å². The summed E-state index contributed by atoms with van der Waals surface area (Å²) in [6.45, 7) is 8.01. The molecule has 1 N–H and O–H groups in total. The van der Waals surface area contributed by atoms with E-state index in [2.05, 4.69) is 34.6 Å². The van der Waals surface area contributed by atoms with Crippen LogP contribution in [0.3, 0.4) is 0 Å². The molecule has 1 aliphatic rings. The smallest absolute Gasteiger partial charge is 0.124 e. The molecule has 0 bridgehead atoms. The summed E-state index contributed by atoms with van der Waals surface area (Å²) in [5.41, 5.74) is 2.26. The molecule has 2 atom stereocenters. The molecule has 0 radical (unpaired) electrons. The van der Waals surface area contributed by atoms with E-state index in [1.807, 2.05) is 13.0 Å².